The number of nitrogens with zero attached hydrogens (tertiary/aromatic N) is 3. The fraction of sp³-hybridized carbons (Fsp3) is 0.500. The minimum atomic E-state index is 0.139. The van der Waals surface area contributed by atoms with Crippen LogP contribution < -0.4 is 5.73 Å². The average Bonchev–Trinajstić information content (AvgIpc) is 2.90. The van der Waals surface area contributed by atoms with E-state index in [4.69, 9.17) is 5.73 Å². The van der Waals surface area contributed by atoms with E-state index in [9.17, 15) is 4.79 Å². The number of para-hydroxylation sites is 1. The third-order valence-corrected chi connectivity index (χ3v) is 5.32. The third kappa shape index (κ3) is 3.76. The van der Waals surface area contributed by atoms with E-state index in [0.717, 1.165) is 48.6 Å². The molecule has 0 aliphatic carbocycles. The highest BCUT2D eigenvalue weighted by Gasteiger charge is 2.27. The van der Waals surface area contributed by atoms with E-state index >= 15 is 0 Å². The van der Waals surface area contributed by atoms with Crippen molar-refractivity contribution in [2.75, 3.05) is 13.1 Å². The molecule has 1 aliphatic rings. The van der Waals surface area contributed by atoms with Gasteiger partial charge in [-0.2, -0.15) is 5.10 Å². The first-order valence-corrected chi connectivity index (χ1v) is 9.11. The summed E-state index contributed by atoms with van der Waals surface area (Å²) in [7, 11) is 0. The van der Waals surface area contributed by atoms with Crippen LogP contribution in [0.15, 0.2) is 30.3 Å². The van der Waals surface area contributed by atoms with Gasteiger partial charge in [-0.3, -0.25) is 4.79 Å². The number of piperidine rings is 1. The van der Waals surface area contributed by atoms with E-state index in [0.29, 0.717) is 12.3 Å². The van der Waals surface area contributed by atoms with Gasteiger partial charge in [-0.1, -0.05) is 18.2 Å². The normalized spacial score (nSPS) is 19.0. The summed E-state index contributed by atoms with van der Waals surface area (Å²) in [6.45, 7) is 7.68. The van der Waals surface area contributed by atoms with Gasteiger partial charge in [0.15, 0.2) is 0 Å². The number of amides is 1. The molecule has 1 fully saturated rings. The maximum Gasteiger partial charge on any atom is 0.227 e. The zero-order chi connectivity index (χ0) is 18.0. The number of aryl methyl sites for hydroxylation is 1. The zero-order valence-corrected chi connectivity index (χ0v) is 15.4. The molecule has 1 aliphatic heterocycles. The molecule has 0 bridgehead atoms. The van der Waals surface area contributed by atoms with Crippen molar-refractivity contribution in [1.82, 2.24) is 14.7 Å². The second-order valence-electron chi connectivity index (χ2n) is 7.17. The Labute approximate surface area is 149 Å². The van der Waals surface area contributed by atoms with Crippen molar-refractivity contribution in [3.8, 4) is 5.69 Å². The minimum absolute atomic E-state index is 0.139. The van der Waals surface area contributed by atoms with Crippen LogP contribution in [0.2, 0.25) is 0 Å². The molecule has 2 unspecified atom stereocenters. The third-order valence-electron chi connectivity index (χ3n) is 5.32. The van der Waals surface area contributed by atoms with Crippen LogP contribution >= 0.6 is 0 Å². The Balaban J connectivity index is 1.77. The highest BCUT2D eigenvalue weighted by molar-refractivity contribution is 5.79. The molecule has 1 saturated heterocycles. The van der Waals surface area contributed by atoms with E-state index in [-0.39, 0.29) is 11.9 Å². The molecular weight excluding hydrogens is 312 g/mol. The Kier molecular flexibility index (Phi) is 5.23. The molecule has 0 saturated carbocycles. The molecule has 134 valence electrons. The first-order valence-electron chi connectivity index (χ1n) is 9.11. The van der Waals surface area contributed by atoms with E-state index in [1.165, 1.54) is 0 Å². The second kappa shape index (κ2) is 7.40. The van der Waals surface area contributed by atoms with Gasteiger partial charge in [0, 0.05) is 30.4 Å². The summed E-state index contributed by atoms with van der Waals surface area (Å²) in [4.78, 5) is 14.8. The number of nitrogens with two attached hydrogens (primary N) is 1. The van der Waals surface area contributed by atoms with E-state index in [1.54, 1.807) is 0 Å². The number of carbonyl (C=O) groups is 1. The number of hydrogen-bond donors (Lipinski definition) is 1. The van der Waals surface area contributed by atoms with Crippen molar-refractivity contribution in [1.29, 1.82) is 0 Å². The minimum Gasteiger partial charge on any atom is -0.342 e. The van der Waals surface area contributed by atoms with Gasteiger partial charge in [0.05, 0.1) is 17.8 Å². The maximum atomic E-state index is 12.8. The topological polar surface area (TPSA) is 64.2 Å². The van der Waals surface area contributed by atoms with Crippen LogP contribution in [0.1, 0.15) is 36.7 Å². The fourth-order valence-corrected chi connectivity index (χ4v) is 3.68. The number of hydrogen-bond acceptors (Lipinski definition) is 3. The Hall–Kier alpha value is -2.14. The van der Waals surface area contributed by atoms with Crippen LogP contribution in [0, 0.1) is 19.8 Å². The quantitative estimate of drug-likeness (QED) is 0.930. The van der Waals surface area contributed by atoms with Crippen LogP contribution in [0.4, 0.5) is 0 Å². The van der Waals surface area contributed by atoms with Gasteiger partial charge in [0.1, 0.15) is 0 Å². The van der Waals surface area contributed by atoms with Crippen molar-refractivity contribution in [3.63, 3.8) is 0 Å². The predicted molar refractivity (Wildman–Crippen MR) is 99.7 cm³/mol. The highest BCUT2D eigenvalue weighted by atomic mass is 16.2. The fourth-order valence-electron chi connectivity index (χ4n) is 3.68. The molecule has 2 N–H and O–H groups in total. The largest absolute Gasteiger partial charge is 0.342 e. The molecule has 25 heavy (non-hydrogen) atoms. The zero-order valence-electron chi connectivity index (χ0n) is 15.4. The monoisotopic (exact) mass is 340 g/mol. The molecule has 1 aromatic heterocycles. The van der Waals surface area contributed by atoms with Crippen molar-refractivity contribution >= 4 is 5.91 Å². The van der Waals surface area contributed by atoms with Crippen LogP contribution in [0.5, 0.6) is 0 Å². The van der Waals surface area contributed by atoms with Crippen LogP contribution in [-0.4, -0.2) is 39.7 Å². The van der Waals surface area contributed by atoms with Crippen LogP contribution in [-0.2, 0) is 11.2 Å². The lowest BCUT2D eigenvalue weighted by molar-refractivity contribution is -0.132. The van der Waals surface area contributed by atoms with Crippen molar-refractivity contribution < 1.29 is 4.79 Å². The maximum absolute atomic E-state index is 12.8. The summed E-state index contributed by atoms with van der Waals surface area (Å²) >= 11 is 0. The van der Waals surface area contributed by atoms with Gasteiger partial charge >= 0.3 is 0 Å². The first kappa shape index (κ1) is 17.7. The number of aromatic nitrogens is 2. The van der Waals surface area contributed by atoms with E-state index in [2.05, 4.69) is 5.10 Å². The van der Waals surface area contributed by atoms with Crippen molar-refractivity contribution in [2.24, 2.45) is 11.7 Å². The lowest BCUT2D eigenvalue weighted by Crippen LogP contribution is -2.45. The van der Waals surface area contributed by atoms with E-state index < -0.39 is 0 Å². The van der Waals surface area contributed by atoms with Gasteiger partial charge in [0.2, 0.25) is 5.91 Å². The lowest BCUT2D eigenvalue weighted by atomic mass is 9.92. The molecule has 2 aromatic rings. The van der Waals surface area contributed by atoms with Gasteiger partial charge in [-0.05, 0) is 51.7 Å². The number of likely N-dealkylation sites (tertiary alicyclic amines) is 1. The molecular formula is C20H28N4O. The molecule has 2 heterocycles. The average molecular weight is 340 g/mol. The molecule has 5 nitrogen and oxygen atoms in total. The van der Waals surface area contributed by atoms with Gasteiger partial charge in [-0.15, -0.1) is 0 Å². The Morgan fingerprint density at radius 3 is 2.72 bits per heavy atom. The second-order valence-corrected chi connectivity index (χ2v) is 7.17. The van der Waals surface area contributed by atoms with Crippen molar-refractivity contribution in [2.45, 2.75) is 46.1 Å². The summed E-state index contributed by atoms with van der Waals surface area (Å²) in [6.07, 6.45) is 2.57. The number of rotatable bonds is 4. The van der Waals surface area contributed by atoms with E-state index in [1.807, 2.05) is 60.7 Å². The smallest absolute Gasteiger partial charge is 0.227 e. The molecule has 2 atom stereocenters. The van der Waals surface area contributed by atoms with Gasteiger partial charge < -0.3 is 10.6 Å². The SMILES string of the molecule is Cc1nn(-c2ccccc2)c(C)c1CC(=O)N1CCCC(C(C)N)C1. The highest BCUT2D eigenvalue weighted by Crippen LogP contribution is 2.22. The van der Waals surface area contributed by atoms with Crippen LogP contribution in [0.3, 0.4) is 0 Å². The Bertz CT molecular complexity index is 736. The number of benzene rings is 1. The standard InChI is InChI=1S/C20H28N4O/c1-14(21)17-8-7-11-23(13-17)20(25)12-19-15(2)22-24(16(19)3)18-9-5-4-6-10-18/h4-6,9-10,14,17H,7-8,11-13,21H2,1-3H3. The van der Waals surface area contributed by atoms with Gasteiger partial charge in [0.25, 0.3) is 0 Å². The van der Waals surface area contributed by atoms with Crippen LogP contribution in [0.25, 0.3) is 5.69 Å². The Morgan fingerprint density at radius 1 is 1.32 bits per heavy atom. The Morgan fingerprint density at radius 2 is 2.04 bits per heavy atom. The molecule has 0 radical (unpaired) electrons. The van der Waals surface area contributed by atoms with Crippen molar-refractivity contribution in [3.05, 3.63) is 47.3 Å². The summed E-state index contributed by atoms with van der Waals surface area (Å²) < 4.78 is 1.93. The molecule has 3 rings (SSSR count). The molecule has 1 aromatic carbocycles. The molecule has 1 amide bonds. The predicted octanol–water partition coefficient (Wildman–Crippen LogP) is 2.62. The first-order chi connectivity index (χ1) is 12.0. The summed E-state index contributed by atoms with van der Waals surface area (Å²) in [6, 6.07) is 10.2. The van der Waals surface area contributed by atoms with Gasteiger partial charge in [-0.25, -0.2) is 4.68 Å². The lowest BCUT2D eigenvalue weighted by Gasteiger charge is -2.34. The molecule has 5 heteroatoms. The number of carbonyl (C=O) groups excluding carboxylic acids is 1. The summed E-state index contributed by atoms with van der Waals surface area (Å²) in [5.74, 6) is 0.594. The molecule has 0 spiro atoms. The summed E-state index contributed by atoms with van der Waals surface area (Å²) in [5, 5.41) is 4.65. The summed E-state index contributed by atoms with van der Waals surface area (Å²) in [5.41, 5.74) is 10.1.